The van der Waals surface area contributed by atoms with E-state index < -0.39 is 7.32 Å². The molecule has 4 nitrogen and oxygen atoms in total. The Kier molecular flexibility index (Phi) is 3.95. The normalized spacial score (nSPS) is 19.8. The summed E-state index contributed by atoms with van der Waals surface area (Å²) < 4.78 is 16.2. The summed E-state index contributed by atoms with van der Waals surface area (Å²) in [5.41, 5.74) is 6.95. The van der Waals surface area contributed by atoms with Crippen LogP contribution in [0.2, 0.25) is 0 Å². The van der Waals surface area contributed by atoms with Gasteiger partial charge in [0, 0.05) is 6.04 Å². The number of rotatable bonds is 4. The van der Waals surface area contributed by atoms with Crippen molar-refractivity contribution in [2.45, 2.75) is 19.1 Å². The summed E-state index contributed by atoms with van der Waals surface area (Å²) in [6, 6.07) is 9.75. The standard InChI is InChI=1S/C11H16BNO3/c1-9(13)11(10-5-3-2-4-6-10)16-12-14-7-8-15-12/h2-6,9,11H,7-8,13H2,1H3/t9-,11-/m0/s1. The molecule has 1 fully saturated rings. The lowest BCUT2D eigenvalue weighted by Crippen LogP contribution is -2.33. The molecule has 0 unspecified atom stereocenters. The molecule has 1 aliphatic rings. The maximum absolute atomic E-state index is 5.91. The molecule has 2 rings (SSSR count). The zero-order valence-electron chi connectivity index (χ0n) is 9.34. The molecule has 5 heteroatoms. The third kappa shape index (κ3) is 2.83. The van der Waals surface area contributed by atoms with Gasteiger partial charge >= 0.3 is 7.32 Å². The quantitative estimate of drug-likeness (QED) is 0.774. The van der Waals surface area contributed by atoms with Crippen LogP contribution in [0.3, 0.4) is 0 Å². The largest absolute Gasteiger partial charge is 0.640 e. The van der Waals surface area contributed by atoms with Gasteiger partial charge in [0.25, 0.3) is 0 Å². The Labute approximate surface area is 95.9 Å². The molecule has 1 saturated heterocycles. The zero-order valence-corrected chi connectivity index (χ0v) is 9.34. The molecule has 2 N–H and O–H groups in total. The van der Waals surface area contributed by atoms with Gasteiger partial charge in [0.15, 0.2) is 0 Å². The van der Waals surface area contributed by atoms with Gasteiger partial charge in [0.1, 0.15) is 0 Å². The summed E-state index contributed by atoms with van der Waals surface area (Å²) in [5.74, 6) is 0. The first-order valence-electron chi connectivity index (χ1n) is 5.46. The van der Waals surface area contributed by atoms with E-state index >= 15 is 0 Å². The summed E-state index contributed by atoms with van der Waals surface area (Å²) in [5, 5.41) is 0. The predicted molar refractivity (Wildman–Crippen MR) is 61.6 cm³/mol. The van der Waals surface area contributed by atoms with E-state index in [0.29, 0.717) is 13.2 Å². The van der Waals surface area contributed by atoms with Crippen LogP contribution in [-0.2, 0) is 14.0 Å². The Morgan fingerprint density at radius 3 is 2.44 bits per heavy atom. The monoisotopic (exact) mass is 221 g/mol. The zero-order chi connectivity index (χ0) is 11.4. The highest BCUT2D eigenvalue weighted by molar-refractivity contribution is 6.37. The van der Waals surface area contributed by atoms with E-state index in [-0.39, 0.29) is 12.1 Å². The number of benzene rings is 1. The lowest BCUT2D eigenvalue weighted by atomic mass is 10.0. The van der Waals surface area contributed by atoms with Crippen molar-refractivity contribution < 1.29 is 14.0 Å². The summed E-state index contributed by atoms with van der Waals surface area (Å²) in [6.07, 6.45) is -0.204. The van der Waals surface area contributed by atoms with Crippen molar-refractivity contribution in [2.24, 2.45) is 5.73 Å². The second-order valence-corrected chi connectivity index (χ2v) is 3.86. The smallest absolute Gasteiger partial charge is 0.384 e. The molecule has 16 heavy (non-hydrogen) atoms. The van der Waals surface area contributed by atoms with Gasteiger partial charge in [-0.3, -0.25) is 0 Å². The summed E-state index contributed by atoms with van der Waals surface area (Å²) in [6.45, 7) is 3.06. The van der Waals surface area contributed by atoms with Gasteiger partial charge in [-0.2, -0.15) is 0 Å². The lowest BCUT2D eigenvalue weighted by molar-refractivity contribution is 0.100. The van der Waals surface area contributed by atoms with Crippen molar-refractivity contribution in [1.29, 1.82) is 0 Å². The van der Waals surface area contributed by atoms with E-state index in [9.17, 15) is 0 Å². The van der Waals surface area contributed by atoms with Crippen LogP contribution in [0.15, 0.2) is 30.3 Å². The van der Waals surface area contributed by atoms with Crippen LogP contribution < -0.4 is 5.73 Å². The third-order valence-corrected chi connectivity index (χ3v) is 2.45. The average Bonchev–Trinajstić information content (AvgIpc) is 2.79. The van der Waals surface area contributed by atoms with Crippen molar-refractivity contribution in [1.82, 2.24) is 0 Å². The molecule has 0 aromatic heterocycles. The molecule has 0 spiro atoms. The van der Waals surface area contributed by atoms with Gasteiger partial charge < -0.3 is 19.7 Å². The van der Waals surface area contributed by atoms with Gasteiger partial charge in [0.05, 0.1) is 19.3 Å². The molecule has 1 aromatic rings. The van der Waals surface area contributed by atoms with Crippen LogP contribution in [0.25, 0.3) is 0 Å². The maximum Gasteiger partial charge on any atom is 0.640 e. The van der Waals surface area contributed by atoms with Crippen molar-refractivity contribution in [3.8, 4) is 0 Å². The fraction of sp³-hybridized carbons (Fsp3) is 0.455. The van der Waals surface area contributed by atoms with Crippen molar-refractivity contribution in [3.63, 3.8) is 0 Å². The van der Waals surface area contributed by atoms with E-state index in [1.54, 1.807) is 0 Å². The molecule has 0 saturated carbocycles. The Balaban J connectivity index is 2.05. The van der Waals surface area contributed by atoms with E-state index in [1.807, 2.05) is 37.3 Å². The van der Waals surface area contributed by atoms with Gasteiger partial charge in [0.2, 0.25) is 0 Å². The Morgan fingerprint density at radius 1 is 1.25 bits per heavy atom. The first-order chi connectivity index (χ1) is 7.77. The Hall–Kier alpha value is -0.875. The van der Waals surface area contributed by atoms with E-state index in [1.165, 1.54) is 0 Å². The predicted octanol–water partition coefficient (Wildman–Crippen LogP) is 1.12. The molecule has 0 bridgehead atoms. The summed E-state index contributed by atoms with van der Waals surface area (Å²) >= 11 is 0. The van der Waals surface area contributed by atoms with E-state index in [2.05, 4.69) is 0 Å². The first kappa shape index (κ1) is 11.6. The minimum Gasteiger partial charge on any atom is -0.384 e. The minimum atomic E-state index is -0.587. The van der Waals surface area contributed by atoms with Gasteiger partial charge in [-0.15, -0.1) is 0 Å². The third-order valence-electron chi connectivity index (χ3n) is 2.45. The van der Waals surface area contributed by atoms with Crippen LogP contribution in [0.4, 0.5) is 0 Å². The fourth-order valence-corrected chi connectivity index (χ4v) is 1.68. The van der Waals surface area contributed by atoms with E-state index in [4.69, 9.17) is 19.7 Å². The maximum atomic E-state index is 5.91. The number of hydrogen-bond acceptors (Lipinski definition) is 4. The molecule has 1 aliphatic heterocycles. The topological polar surface area (TPSA) is 53.7 Å². The first-order valence-corrected chi connectivity index (χ1v) is 5.46. The van der Waals surface area contributed by atoms with Crippen molar-refractivity contribution in [3.05, 3.63) is 35.9 Å². The SMILES string of the molecule is C[C@H](N)[C@H](OB1OCCO1)c1ccccc1. The summed E-state index contributed by atoms with van der Waals surface area (Å²) in [7, 11) is -0.587. The second kappa shape index (κ2) is 5.45. The van der Waals surface area contributed by atoms with Crippen LogP contribution in [0.1, 0.15) is 18.6 Å². The van der Waals surface area contributed by atoms with Crippen molar-refractivity contribution >= 4 is 7.32 Å². The van der Waals surface area contributed by atoms with Gasteiger partial charge in [-0.25, -0.2) is 0 Å². The number of hydrogen-bond donors (Lipinski definition) is 1. The molecule has 1 aromatic carbocycles. The molecule has 0 radical (unpaired) electrons. The summed E-state index contributed by atoms with van der Waals surface area (Å²) in [4.78, 5) is 0. The highest BCUT2D eigenvalue weighted by Gasteiger charge is 2.32. The average molecular weight is 221 g/mol. The molecule has 2 atom stereocenters. The highest BCUT2D eigenvalue weighted by atomic mass is 16.8. The fourth-order valence-electron chi connectivity index (χ4n) is 1.68. The van der Waals surface area contributed by atoms with E-state index in [0.717, 1.165) is 5.56 Å². The Bertz CT molecular complexity index is 314. The minimum absolute atomic E-state index is 0.116. The molecule has 86 valence electrons. The molecule has 0 aliphatic carbocycles. The molecular weight excluding hydrogens is 205 g/mol. The molecular formula is C11H16BNO3. The Morgan fingerprint density at radius 2 is 1.88 bits per heavy atom. The van der Waals surface area contributed by atoms with Crippen LogP contribution in [0, 0.1) is 0 Å². The van der Waals surface area contributed by atoms with Crippen LogP contribution >= 0.6 is 0 Å². The molecule has 1 heterocycles. The van der Waals surface area contributed by atoms with Gasteiger partial charge in [-0.05, 0) is 12.5 Å². The number of nitrogens with two attached hydrogens (primary N) is 1. The van der Waals surface area contributed by atoms with Crippen molar-refractivity contribution in [2.75, 3.05) is 13.2 Å². The molecule has 0 amide bonds. The van der Waals surface area contributed by atoms with Crippen LogP contribution in [-0.4, -0.2) is 26.6 Å². The van der Waals surface area contributed by atoms with Crippen LogP contribution in [0.5, 0.6) is 0 Å². The second-order valence-electron chi connectivity index (χ2n) is 3.86. The lowest BCUT2D eigenvalue weighted by Gasteiger charge is -2.22. The van der Waals surface area contributed by atoms with Gasteiger partial charge in [-0.1, -0.05) is 30.3 Å². The highest BCUT2D eigenvalue weighted by Crippen LogP contribution is 2.22.